The summed E-state index contributed by atoms with van der Waals surface area (Å²) in [5.74, 6) is -0.344. The quantitative estimate of drug-likeness (QED) is 0.335. The molecule has 4 aromatic rings. The molecule has 3 aromatic carbocycles. The van der Waals surface area contributed by atoms with Gasteiger partial charge in [0.2, 0.25) is 0 Å². The zero-order valence-corrected chi connectivity index (χ0v) is 18.2. The number of hydrogen-bond donors (Lipinski definition) is 2. The van der Waals surface area contributed by atoms with Gasteiger partial charge in [0.05, 0.1) is 39.7 Å². The summed E-state index contributed by atoms with van der Waals surface area (Å²) in [6, 6.07) is 13.9. The fraction of sp³-hybridized carbons (Fsp3) is 0.136. The molecule has 0 saturated carbocycles. The van der Waals surface area contributed by atoms with Crippen molar-refractivity contribution < 1.29 is 13.9 Å². The van der Waals surface area contributed by atoms with Gasteiger partial charge < -0.3 is 10.4 Å². The lowest BCUT2D eigenvalue weighted by atomic mass is 9.94. The van der Waals surface area contributed by atoms with Crippen LogP contribution in [0.1, 0.15) is 5.56 Å². The molecule has 0 aliphatic rings. The second-order valence-electron chi connectivity index (χ2n) is 7.07. The summed E-state index contributed by atoms with van der Waals surface area (Å²) < 4.78 is 28.8. The molecule has 0 radical (unpaired) electrons. The van der Waals surface area contributed by atoms with Gasteiger partial charge in [-0.2, -0.15) is 5.10 Å². The van der Waals surface area contributed by atoms with Gasteiger partial charge >= 0.3 is 0 Å². The highest BCUT2D eigenvalue weighted by Gasteiger charge is 2.30. The molecule has 4 rings (SSSR count). The second-order valence-corrected chi connectivity index (χ2v) is 8.32. The molecule has 1 aromatic heterocycles. The molecule has 0 fully saturated rings. The van der Waals surface area contributed by atoms with E-state index in [1.165, 1.54) is 24.3 Å². The third-order valence-electron chi connectivity index (χ3n) is 4.96. The van der Waals surface area contributed by atoms with Gasteiger partial charge in [0.1, 0.15) is 18.1 Å². The van der Waals surface area contributed by atoms with E-state index in [0.29, 0.717) is 27.3 Å². The van der Waals surface area contributed by atoms with Crippen LogP contribution in [0.5, 0.6) is 0 Å². The molecule has 2 N–H and O–H groups in total. The molecule has 0 aliphatic heterocycles. The van der Waals surface area contributed by atoms with Crippen LogP contribution in [0.3, 0.4) is 0 Å². The Balaban J connectivity index is 1.63. The third kappa shape index (κ3) is 4.34. The number of halogens is 5. The maximum absolute atomic E-state index is 14.0. The van der Waals surface area contributed by atoms with Crippen LogP contribution in [-0.2, 0) is 5.60 Å². The van der Waals surface area contributed by atoms with Crippen LogP contribution in [0.4, 0.5) is 14.5 Å². The van der Waals surface area contributed by atoms with Gasteiger partial charge in [-0.15, -0.1) is 0 Å². The van der Waals surface area contributed by atoms with Crippen molar-refractivity contribution >= 4 is 51.4 Å². The minimum absolute atomic E-state index is 0.178. The molecular formula is C22H16Cl3F2N3O. The number of alkyl halides is 1. The Morgan fingerprint density at radius 2 is 1.68 bits per heavy atom. The summed E-state index contributed by atoms with van der Waals surface area (Å²) in [5.41, 5.74) is 0.282. The van der Waals surface area contributed by atoms with Gasteiger partial charge in [0.25, 0.3) is 0 Å². The summed E-state index contributed by atoms with van der Waals surface area (Å²) >= 11 is 18.2. The molecule has 0 spiro atoms. The molecule has 0 bridgehead atoms. The molecule has 0 saturated heterocycles. The molecular weight excluding hydrogens is 467 g/mol. The predicted octanol–water partition coefficient (Wildman–Crippen LogP) is 6.39. The van der Waals surface area contributed by atoms with E-state index in [1.54, 1.807) is 41.2 Å². The Morgan fingerprint density at radius 3 is 2.32 bits per heavy atom. The van der Waals surface area contributed by atoms with E-state index in [1.807, 2.05) is 0 Å². The van der Waals surface area contributed by atoms with Gasteiger partial charge in [-0.05, 0) is 54.1 Å². The Labute approximate surface area is 192 Å². The van der Waals surface area contributed by atoms with Crippen LogP contribution < -0.4 is 5.32 Å². The average Bonchev–Trinajstić information content (AvgIpc) is 3.16. The van der Waals surface area contributed by atoms with Crippen LogP contribution >= 0.6 is 34.8 Å². The first kappa shape index (κ1) is 21.8. The van der Waals surface area contributed by atoms with E-state index >= 15 is 0 Å². The van der Waals surface area contributed by atoms with Crippen LogP contribution in [0.15, 0.2) is 60.8 Å². The van der Waals surface area contributed by atoms with Crippen LogP contribution in [-0.4, -0.2) is 28.1 Å². The smallest absolute Gasteiger partial charge is 0.135 e. The molecule has 1 heterocycles. The van der Waals surface area contributed by atoms with Crippen LogP contribution in [0, 0.1) is 5.82 Å². The number of nitrogens with zero attached hydrogens (tertiary/aromatic N) is 2. The third-order valence-corrected chi connectivity index (χ3v) is 5.78. The summed E-state index contributed by atoms with van der Waals surface area (Å²) in [4.78, 5) is 0. The first-order valence-electron chi connectivity index (χ1n) is 9.22. The molecule has 4 nitrogen and oxygen atoms in total. The van der Waals surface area contributed by atoms with Crippen molar-refractivity contribution in [2.24, 2.45) is 0 Å². The summed E-state index contributed by atoms with van der Waals surface area (Å²) in [5, 5.41) is 19.8. The maximum Gasteiger partial charge on any atom is 0.135 e. The number of aromatic nitrogens is 2. The molecule has 160 valence electrons. The van der Waals surface area contributed by atoms with E-state index in [4.69, 9.17) is 34.8 Å². The Bertz CT molecular complexity index is 1220. The number of nitrogens with one attached hydrogen (secondary N) is 1. The van der Waals surface area contributed by atoms with Crippen molar-refractivity contribution in [3.8, 4) is 5.69 Å². The van der Waals surface area contributed by atoms with E-state index in [0.717, 1.165) is 5.52 Å². The fourth-order valence-electron chi connectivity index (χ4n) is 3.28. The largest absolute Gasteiger partial charge is 0.381 e. The van der Waals surface area contributed by atoms with Crippen molar-refractivity contribution in [1.82, 2.24) is 9.78 Å². The maximum atomic E-state index is 14.0. The monoisotopic (exact) mass is 481 g/mol. The number of anilines is 1. The minimum atomic E-state index is -1.83. The number of benzene rings is 3. The highest BCUT2D eigenvalue weighted by Crippen LogP contribution is 2.35. The normalized spacial score (nSPS) is 13.4. The van der Waals surface area contributed by atoms with Gasteiger partial charge in [0.15, 0.2) is 0 Å². The molecule has 9 heteroatoms. The van der Waals surface area contributed by atoms with Crippen molar-refractivity contribution in [3.63, 3.8) is 0 Å². The van der Waals surface area contributed by atoms with Gasteiger partial charge in [-0.1, -0.05) is 40.9 Å². The zero-order chi connectivity index (χ0) is 22.2. The Hall–Kier alpha value is -2.38. The number of fused-ring (bicyclic) bond motifs is 1. The lowest BCUT2D eigenvalue weighted by Gasteiger charge is -2.27. The summed E-state index contributed by atoms with van der Waals surface area (Å²) in [6.07, 6.45) is 1.60. The second kappa shape index (κ2) is 8.63. The number of hydrogen-bond acceptors (Lipinski definition) is 3. The van der Waals surface area contributed by atoms with Gasteiger partial charge in [0, 0.05) is 10.4 Å². The van der Waals surface area contributed by atoms with Crippen molar-refractivity contribution in [2.75, 3.05) is 18.5 Å². The molecule has 1 atom stereocenters. The average molecular weight is 483 g/mol. The van der Waals surface area contributed by atoms with Gasteiger partial charge in [-0.25, -0.2) is 13.5 Å². The van der Waals surface area contributed by atoms with Crippen molar-refractivity contribution in [2.45, 2.75) is 5.60 Å². The van der Waals surface area contributed by atoms with E-state index in [-0.39, 0.29) is 22.4 Å². The van der Waals surface area contributed by atoms with Crippen LogP contribution in [0.2, 0.25) is 15.1 Å². The Kier molecular flexibility index (Phi) is 6.08. The zero-order valence-electron chi connectivity index (χ0n) is 15.9. The Morgan fingerprint density at radius 1 is 1.00 bits per heavy atom. The minimum Gasteiger partial charge on any atom is -0.381 e. The highest BCUT2D eigenvalue weighted by molar-refractivity contribution is 6.41. The SMILES string of the molecule is OC(CF)(CNc1c(Cl)cc(Cl)cc1Cl)c1ccc2c(cnn2-c2ccc(F)cc2)c1. The first-order valence-corrected chi connectivity index (χ1v) is 10.3. The fourth-order valence-corrected chi connectivity index (χ4v) is 4.23. The standard InChI is InChI=1S/C22H16Cl3F2N3O/c23-15-8-18(24)21(19(25)9-15)28-12-22(31,11-26)14-1-6-20-13(7-14)10-29-30(20)17-4-2-16(27)3-5-17/h1-10,28,31H,11-12H2. The highest BCUT2D eigenvalue weighted by atomic mass is 35.5. The number of aliphatic hydroxyl groups is 1. The molecule has 1 unspecified atom stereocenters. The van der Waals surface area contributed by atoms with Gasteiger partial charge in [-0.3, -0.25) is 0 Å². The van der Waals surface area contributed by atoms with Crippen molar-refractivity contribution in [1.29, 1.82) is 0 Å². The molecule has 0 amide bonds. The number of rotatable bonds is 6. The molecule has 31 heavy (non-hydrogen) atoms. The van der Waals surface area contributed by atoms with E-state index < -0.39 is 12.3 Å². The van der Waals surface area contributed by atoms with E-state index in [9.17, 15) is 13.9 Å². The van der Waals surface area contributed by atoms with Crippen LogP contribution in [0.25, 0.3) is 16.6 Å². The predicted molar refractivity (Wildman–Crippen MR) is 121 cm³/mol. The molecule has 0 aliphatic carbocycles. The van der Waals surface area contributed by atoms with Crippen molar-refractivity contribution in [3.05, 3.63) is 87.2 Å². The lowest BCUT2D eigenvalue weighted by Crippen LogP contribution is -2.36. The summed E-state index contributed by atoms with van der Waals surface area (Å²) in [7, 11) is 0. The van der Waals surface area contributed by atoms with E-state index in [2.05, 4.69) is 10.4 Å². The topological polar surface area (TPSA) is 50.1 Å². The lowest BCUT2D eigenvalue weighted by molar-refractivity contribution is 0.0241. The summed E-state index contributed by atoms with van der Waals surface area (Å²) in [6.45, 7) is -1.22. The first-order chi connectivity index (χ1) is 14.8.